The molecule has 1 aliphatic rings. The van der Waals surface area contributed by atoms with Crippen molar-refractivity contribution in [1.29, 1.82) is 0 Å². The molecule has 1 saturated heterocycles. The molecule has 1 aliphatic heterocycles. The van der Waals surface area contributed by atoms with Crippen LogP contribution in [0.25, 0.3) is 0 Å². The fourth-order valence-electron chi connectivity index (χ4n) is 0.770. The van der Waals surface area contributed by atoms with Gasteiger partial charge in [0.05, 0.1) is 0 Å². The summed E-state index contributed by atoms with van der Waals surface area (Å²) in [5, 5.41) is 0.863. The molecule has 1 fully saturated rings. The summed E-state index contributed by atoms with van der Waals surface area (Å²) < 4.78 is 3.17. The van der Waals surface area contributed by atoms with Crippen LogP contribution < -0.4 is 4.72 Å². The van der Waals surface area contributed by atoms with Crippen LogP contribution in [0.4, 0.5) is 0 Å². The third-order valence-corrected chi connectivity index (χ3v) is 2.52. The number of hydrogen-bond donors (Lipinski definition) is 1. The van der Waals surface area contributed by atoms with Crippen molar-refractivity contribution in [2.75, 3.05) is 6.54 Å². The van der Waals surface area contributed by atoms with E-state index in [0.717, 1.165) is 5.25 Å². The van der Waals surface area contributed by atoms with Crippen molar-refractivity contribution in [2.24, 2.45) is 0 Å². The normalized spacial score (nSPS) is 25.2. The average molecular weight is 143 g/mol. The second-order valence-electron chi connectivity index (χ2n) is 2.58. The molecule has 1 N–H and O–H groups in total. The highest BCUT2D eigenvalue weighted by atomic mass is 32.2. The Labute approximate surface area is 61.0 Å². The van der Waals surface area contributed by atoms with Crippen LogP contribution in [0, 0.1) is 0 Å². The number of rotatable bonds is 3. The molecule has 0 aromatic carbocycles. The van der Waals surface area contributed by atoms with Crippen LogP contribution in [0.5, 0.6) is 0 Å². The summed E-state index contributed by atoms with van der Waals surface area (Å²) in [6.45, 7) is 7.14. The van der Waals surface area contributed by atoms with E-state index in [4.69, 9.17) is 0 Å². The number of hydrogen-bond acceptors (Lipinski definition) is 2. The lowest BCUT2D eigenvalue weighted by molar-refractivity contribution is 0.693. The molecule has 0 spiro atoms. The second-order valence-corrected chi connectivity index (χ2v) is 3.78. The first-order valence-electron chi connectivity index (χ1n) is 3.32. The Morgan fingerprint density at radius 3 is 2.89 bits per heavy atom. The molecule has 0 aromatic heterocycles. The quantitative estimate of drug-likeness (QED) is 0.479. The van der Waals surface area contributed by atoms with E-state index in [0.29, 0.717) is 0 Å². The van der Waals surface area contributed by atoms with E-state index in [2.05, 4.69) is 18.2 Å². The van der Waals surface area contributed by atoms with Crippen molar-refractivity contribution in [3.05, 3.63) is 12.2 Å². The minimum atomic E-state index is 0.863. The standard InChI is InChI=1S/C7H13NS/c1-6(2)3-4-7-5-8-9-7/h7-8H,1,3-5H2,2H3. The molecule has 0 aromatic rings. The Morgan fingerprint density at radius 1 is 1.89 bits per heavy atom. The highest BCUT2D eigenvalue weighted by Crippen LogP contribution is 2.21. The topological polar surface area (TPSA) is 12.0 Å². The van der Waals surface area contributed by atoms with Gasteiger partial charge in [-0.2, -0.15) is 0 Å². The lowest BCUT2D eigenvalue weighted by Gasteiger charge is -2.25. The maximum Gasteiger partial charge on any atom is 0.0330 e. The molecule has 52 valence electrons. The summed E-state index contributed by atoms with van der Waals surface area (Å²) in [4.78, 5) is 0. The fraction of sp³-hybridized carbons (Fsp3) is 0.714. The lowest BCUT2D eigenvalue weighted by atomic mass is 10.1. The largest absolute Gasteiger partial charge is 0.263 e. The van der Waals surface area contributed by atoms with E-state index < -0.39 is 0 Å². The lowest BCUT2D eigenvalue weighted by Crippen LogP contribution is -2.33. The van der Waals surface area contributed by atoms with Gasteiger partial charge < -0.3 is 0 Å². The summed E-state index contributed by atoms with van der Waals surface area (Å²) in [6, 6.07) is 0. The highest BCUT2D eigenvalue weighted by molar-refractivity contribution is 7.99. The molecule has 1 atom stereocenters. The zero-order valence-electron chi connectivity index (χ0n) is 5.81. The number of nitrogens with one attached hydrogen (secondary N) is 1. The molecule has 0 radical (unpaired) electrons. The SMILES string of the molecule is C=C(C)CCC1CNS1. The molecule has 0 amide bonds. The predicted molar refractivity (Wildman–Crippen MR) is 43.4 cm³/mol. The van der Waals surface area contributed by atoms with Crippen LogP contribution in [0.15, 0.2) is 12.2 Å². The van der Waals surface area contributed by atoms with Crippen LogP contribution in [0.3, 0.4) is 0 Å². The van der Waals surface area contributed by atoms with Crippen molar-refractivity contribution in [3.63, 3.8) is 0 Å². The summed E-state index contributed by atoms with van der Waals surface area (Å²) in [7, 11) is 0. The Kier molecular flexibility index (Phi) is 2.61. The Balaban J connectivity index is 1.97. The third kappa shape index (κ3) is 2.41. The third-order valence-electron chi connectivity index (χ3n) is 1.45. The van der Waals surface area contributed by atoms with Crippen molar-refractivity contribution < 1.29 is 0 Å². The van der Waals surface area contributed by atoms with Crippen LogP contribution in [-0.4, -0.2) is 11.8 Å². The monoisotopic (exact) mass is 143 g/mol. The summed E-state index contributed by atoms with van der Waals surface area (Å²) in [5.41, 5.74) is 1.31. The fourth-order valence-corrected chi connectivity index (χ4v) is 1.41. The maximum absolute atomic E-state index is 3.86. The molecule has 1 nitrogen and oxygen atoms in total. The Hall–Kier alpha value is 0.0500. The van der Waals surface area contributed by atoms with E-state index in [9.17, 15) is 0 Å². The van der Waals surface area contributed by atoms with Gasteiger partial charge in [-0.05, 0) is 19.8 Å². The summed E-state index contributed by atoms with van der Waals surface area (Å²) >= 11 is 1.86. The molecule has 1 heterocycles. The maximum atomic E-state index is 3.86. The first-order chi connectivity index (χ1) is 4.29. The molecule has 1 unspecified atom stereocenters. The minimum absolute atomic E-state index is 0.863. The highest BCUT2D eigenvalue weighted by Gasteiger charge is 2.16. The molecular weight excluding hydrogens is 130 g/mol. The average Bonchev–Trinajstić information content (AvgIpc) is 1.60. The van der Waals surface area contributed by atoms with Crippen LogP contribution in [-0.2, 0) is 0 Å². The van der Waals surface area contributed by atoms with E-state index in [1.54, 1.807) is 0 Å². The first-order valence-corrected chi connectivity index (χ1v) is 4.20. The molecule has 9 heavy (non-hydrogen) atoms. The molecule has 1 rings (SSSR count). The molecular formula is C7H13NS. The minimum Gasteiger partial charge on any atom is -0.263 e. The smallest absolute Gasteiger partial charge is 0.0330 e. The van der Waals surface area contributed by atoms with Crippen LogP contribution >= 0.6 is 11.9 Å². The number of allylic oxidation sites excluding steroid dienone is 1. The Bertz CT molecular complexity index is 107. The van der Waals surface area contributed by atoms with E-state index in [1.807, 2.05) is 11.9 Å². The van der Waals surface area contributed by atoms with Gasteiger partial charge in [0, 0.05) is 11.8 Å². The predicted octanol–water partition coefficient (Wildman–Crippen LogP) is 1.96. The summed E-state index contributed by atoms with van der Waals surface area (Å²) in [6.07, 6.45) is 2.49. The van der Waals surface area contributed by atoms with Crippen LogP contribution in [0.1, 0.15) is 19.8 Å². The van der Waals surface area contributed by atoms with Gasteiger partial charge in [0.1, 0.15) is 0 Å². The zero-order chi connectivity index (χ0) is 6.69. The van der Waals surface area contributed by atoms with E-state index >= 15 is 0 Å². The van der Waals surface area contributed by atoms with E-state index in [1.165, 1.54) is 25.0 Å². The van der Waals surface area contributed by atoms with Gasteiger partial charge in [-0.3, -0.25) is 4.72 Å². The van der Waals surface area contributed by atoms with Crippen molar-refractivity contribution in [2.45, 2.75) is 25.0 Å². The van der Waals surface area contributed by atoms with Gasteiger partial charge in [-0.25, -0.2) is 0 Å². The van der Waals surface area contributed by atoms with Gasteiger partial charge in [-0.1, -0.05) is 17.5 Å². The van der Waals surface area contributed by atoms with Gasteiger partial charge >= 0.3 is 0 Å². The molecule has 0 saturated carbocycles. The van der Waals surface area contributed by atoms with Gasteiger partial charge in [0.25, 0.3) is 0 Å². The van der Waals surface area contributed by atoms with Crippen molar-refractivity contribution in [1.82, 2.24) is 4.72 Å². The molecule has 0 bridgehead atoms. The van der Waals surface area contributed by atoms with Crippen molar-refractivity contribution in [3.8, 4) is 0 Å². The summed E-state index contributed by atoms with van der Waals surface area (Å²) in [5.74, 6) is 0. The van der Waals surface area contributed by atoms with Gasteiger partial charge in [0.2, 0.25) is 0 Å². The van der Waals surface area contributed by atoms with Gasteiger partial charge in [-0.15, -0.1) is 6.58 Å². The first kappa shape index (κ1) is 7.16. The second kappa shape index (κ2) is 3.28. The van der Waals surface area contributed by atoms with Crippen molar-refractivity contribution >= 4 is 11.9 Å². The Morgan fingerprint density at radius 2 is 2.56 bits per heavy atom. The van der Waals surface area contributed by atoms with Gasteiger partial charge in [0.15, 0.2) is 0 Å². The molecule has 2 heteroatoms. The molecule has 0 aliphatic carbocycles. The van der Waals surface area contributed by atoms with Crippen LogP contribution in [0.2, 0.25) is 0 Å². The van der Waals surface area contributed by atoms with E-state index in [-0.39, 0.29) is 0 Å². The zero-order valence-corrected chi connectivity index (χ0v) is 6.63.